The number of methoxy groups -OCH3 is 2. The molecule has 0 radical (unpaired) electrons. The molecule has 2 aromatic heterocycles. The molecule has 0 bridgehead atoms. The van der Waals surface area contributed by atoms with Crippen molar-refractivity contribution in [3.05, 3.63) is 30.2 Å². The van der Waals surface area contributed by atoms with Crippen LogP contribution in [0.2, 0.25) is 0 Å². The third kappa shape index (κ3) is 2.05. The summed E-state index contributed by atoms with van der Waals surface area (Å²) in [4.78, 5) is 17.0. The van der Waals surface area contributed by atoms with E-state index in [0.29, 0.717) is 11.3 Å². The molecule has 1 amide bonds. The van der Waals surface area contributed by atoms with Gasteiger partial charge < -0.3 is 14.8 Å². The van der Waals surface area contributed by atoms with Gasteiger partial charge in [-0.3, -0.25) is 9.20 Å². The lowest BCUT2D eigenvalue weighted by Crippen LogP contribution is -2.67. The maximum Gasteiger partial charge on any atom is 0.270 e. The van der Waals surface area contributed by atoms with E-state index in [2.05, 4.69) is 10.3 Å². The third-order valence-electron chi connectivity index (χ3n) is 5.61. The van der Waals surface area contributed by atoms with Crippen LogP contribution in [0.4, 0.5) is 0 Å². The van der Waals surface area contributed by atoms with Crippen LogP contribution in [0.3, 0.4) is 0 Å². The molecule has 0 aliphatic heterocycles. The number of nitrogens with one attached hydrogen (secondary N) is 1. The number of amides is 1. The summed E-state index contributed by atoms with van der Waals surface area (Å²) >= 11 is 0. The molecule has 2 unspecified atom stereocenters. The Kier molecular flexibility index (Phi) is 3.30. The highest BCUT2D eigenvalue weighted by Gasteiger charge is 2.59. The second-order valence-corrected chi connectivity index (χ2v) is 6.51. The second-order valence-electron chi connectivity index (χ2n) is 6.51. The van der Waals surface area contributed by atoms with E-state index in [9.17, 15) is 4.79 Å². The van der Waals surface area contributed by atoms with E-state index in [0.717, 1.165) is 25.0 Å². The van der Waals surface area contributed by atoms with Crippen molar-refractivity contribution >= 4 is 11.6 Å². The van der Waals surface area contributed by atoms with E-state index >= 15 is 0 Å². The zero-order valence-corrected chi connectivity index (χ0v) is 13.4. The van der Waals surface area contributed by atoms with Crippen LogP contribution in [-0.4, -0.2) is 41.7 Å². The smallest absolute Gasteiger partial charge is 0.270 e. The van der Waals surface area contributed by atoms with Crippen LogP contribution in [0.15, 0.2) is 24.5 Å². The predicted molar refractivity (Wildman–Crippen MR) is 84.7 cm³/mol. The summed E-state index contributed by atoms with van der Waals surface area (Å²) in [5, 5.41) is 3.19. The summed E-state index contributed by atoms with van der Waals surface area (Å²) in [7, 11) is 3.38. The number of imidazole rings is 1. The molecule has 1 spiro atoms. The highest BCUT2D eigenvalue weighted by molar-refractivity contribution is 5.93. The van der Waals surface area contributed by atoms with Gasteiger partial charge in [0.1, 0.15) is 17.1 Å². The Labute approximate surface area is 134 Å². The van der Waals surface area contributed by atoms with Crippen molar-refractivity contribution in [2.24, 2.45) is 5.41 Å². The van der Waals surface area contributed by atoms with Crippen molar-refractivity contribution in [3.63, 3.8) is 0 Å². The molecule has 2 aromatic rings. The predicted octanol–water partition coefficient (Wildman–Crippen LogP) is 2.03. The minimum Gasteiger partial charge on any atom is -0.497 e. The number of carbonyl (C=O) groups excluding carboxylic acids is 1. The summed E-state index contributed by atoms with van der Waals surface area (Å²) in [6.07, 6.45) is 8.11. The minimum atomic E-state index is -0.0755. The van der Waals surface area contributed by atoms with Crippen molar-refractivity contribution < 1.29 is 14.3 Å². The first-order valence-corrected chi connectivity index (χ1v) is 8.03. The molecule has 6 nitrogen and oxygen atoms in total. The Morgan fingerprint density at radius 2 is 2.26 bits per heavy atom. The maximum atomic E-state index is 12.7. The van der Waals surface area contributed by atoms with Gasteiger partial charge >= 0.3 is 0 Å². The fourth-order valence-corrected chi connectivity index (χ4v) is 4.03. The van der Waals surface area contributed by atoms with Crippen LogP contribution in [0.5, 0.6) is 5.75 Å². The zero-order chi connectivity index (χ0) is 16.0. The molecule has 2 aliphatic carbocycles. The van der Waals surface area contributed by atoms with E-state index in [1.807, 2.05) is 18.3 Å². The number of nitrogens with zero attached hydrogens (tertiary/aromatic N) is 2. The molecule has 1 N–H and O–H groups in total. The highest BCUT2D eigenvalue weighted by atomic mass is 16.5. The van der Waals surface area contributed by atoms with E-state index in [4.69, 9.17) is 9.47 Å². The molecule has 122 valence electrons. The monoisotopic (exact) mass is 315 g/mol. The Morgan fingerprint density at radius 3 is 2.91 bits per heavy atom. The van der Waals surface area contributed by atoms with Gasteiger partial charge in [-0.1, -0.05) is 6.42 Å². The van der Waals surface area contributed by atoms with Crippen LogP contribution in [0.25, 0.3) is 5.65 Å². The van der Waals surface area contributed by atoms with Crippen molar-refractivity contribution in [2.45, 2.75) is 37.8 Å². The number of hydrogen-bond acceptors (Lipinski definition) is 4. The van der Waals surface area contributed by atoms with Crippen LogP contribution < -0.4 is 10.1 Å². The zero-order valence-electron chi connectivity index (χ0n) is 13.4. The van der Waals surface area contributed by atoms with Crippen molar-refractivity contribution in [1.29, 1.82) is 0 Å². The third-order valence-corrected chi connectivity index (χ3v) is 5.61. The van der Waals surface area contributed by atoms with Gasteiger partial charge in [-0.05, 0) is 25.3 Å². The summed E-state index contributed by atoms with van der Waals surface area (Å²) < 4.78 is 12.5. The summed E-state index contributed by atoms with van der Waals surface area (Å²) in [5.74, 6) is 0.652. The topological polar surface area (TPSA) is 64.9 Å². The molecule has 2 heterocycles. The lowest BCUT2D eigenvalue weighted by atomic mass is 9.51. The minimum absolute atomic E-state index is 0.0755. The number of carbonyl (C=O) groups is 1. The maximum absolute atomic E-state index is 12.7. The lowest BCUT2D eigenvalue weighted by molar-refractivity contribution is -0.158. The van der Waals surface area contributed by atoms with Gasteiger partial charge in [-0.2, -0.15) is 0 Å². The second kappa shape index (κ2) is 5.23. The van der Waals surface area contributed by atoms with Gasteiger partial charge in [0.25, 0.3) is 5.91 Å². The summed E-state index contributed by atoms with van der Waals surface area (Å²) in [6, 6.07) is 3.84. The van der Waals surface area contributed by atoms with E-state index in [1.54, 1.807) is 24.8 Å². The average Bonchev–Trinajstić information content (AvgIpc) is 2.92. The van der Waals surface area contributed by atoms with Gasteiger partial charge in [0.2, 0.25) is 0 Å². The molecule has 2 atom stereocenters. The molecule has 2 fully saturated rings. The lowest BCUT2D eigenvalue weighted by Gasteiger charge is -2.60. The van der Waals surface area contributed by atoms with E-state index in [1.165, 1.54) is 6.42 Å². The van der Waals surface area contributed by atoms with Gasteiger partial charge in [0, 0.05) is 30.8 Å². The number of hydrogen-bond donors (Lipinski definition) is 1. The normalized spacial score (nSPS) is 25.0. The van der Waals surface area contributed by atoms with Crippen LogP contribution in [-0.2, 0) is 4.74 Å². The Balaban J connectivity index is 1.54. The van der Waals surface area contributed by atoms with E-state index in [-0.39, 0.29) is 23.5 Å². The SMILES string of the molecule is COc1ccn2c(C(=O)NC3CC(OC)C34CCC4)cnc2c1. The number of fused-ring (bicyclic) bond motifs is 1. The molecule has 0 saturated heterocycles. The first-order chi connectivity index (χ1) is 11.2. The molecule has 0 aromatic carbocycles. The average molecular weight is 315 g/mol. The summed E-state index contributed by atoms with van der Waals surface area (Å²) in [6.45, 7) is 0. The van der Waals surface area contributed by atoms with Crippen LogP contribution in [0.1, 0.15) is 36.2 Å². The first-order valence-electron chi connectivity index (χ1n) is 8.03. The van der Waals surface area contributed by atoms with Gasteiger partial charge in [0.15, 0.2) is 0 Å². The molecular formula is C17H21N3O3. The summed E-state index contributed by atoms with van der Waals surface area (Å²) in [5.41, 5.74) is 1.42. The fourth-order valence-electron chi connectivity index (χ4n) is 4.03. The Bertz CT molecular complexity index is 751. The number of rotatable bonds is 4. The molecule has 2 aliphatic rings. The van der Waals surface area contributed by atoms with Crippen molar-refractivity contribution in [2.75, 3.05) is 14.2 Å². The molecule has 2 saturated carbocycles. The Hall–Kier alpha value is -2.08. The van der Waals surface area contributed by atoms with Crippen LogP contribution >= 0.6 is 0 Å². The number of aromatic nitrogens is 2. The largest absolute Gasteiger partial charge is 0.497 e. The fraction of sp³-hybridized carbons (Fsp3) is 0.529. The van der Waals surface area contributed by atoms with Gasteiger partial charge in [0.05, 0.1) is 19.4 Å². The first kappa shape index (κ1) is 14.5. The Morgan fingerprint density at radius 1 is 1.43 bits per heavy atom. The van der Waals surface area contributed by atoms with E-state index < -0.39 is 0 Å². The van der Waals surface area contributed by atoms with Gasteiger partial charge in [-0.15, -0.1) is 0 Å². The molecule has 23 heavy (non-hydrogen) atoms. The molecule has 4 rings (SSSR count). The molecular weight excluding hydrogens is 294 g/mol. The number of ether oxygens (including phenoxy) is 2. The highest BCUT2D eigenvalue weighted by Crippen LogP contribution is 2.57. The quantitative estimate of drug-likeness (QED) is 0.937. The molecule has 6 heteroatoms. The van der Waals surface area contributed by atoms with Crippen LogP contribution in [0, 0.1) is 5.41 Å². The standard InChI is InChI=1S/C17H21N3O3/c1-22-11-4-7-20-12(10-18-15(20)8-11)16(21)19-13-9-14(23-2)17(13)5-3-6-17/h4,7-8,10,13-14H,3,5-6,9H2,1-2H3,(H,19,21). The van der Waals surface area contributed by atoms with Crippen molar-refractivity contribution in [3.8, 4) is 5.75 Å². The number of pyridine rings is 1. The van der Waals surface area contributed by atoms with Gasteiger partial charge in [-0.25, -0.2) is 4.98 Å². The van der Waals surface area contributed by atoms with Crippen molar-refractivity contribution in [1.82, 2.24) is 14.7 Å².